The Labute approximate surface area is 181 Å². The van der Waals surface area contributed by atoms with E-state index in [0.29, 0.717) is 12.0 Å². The molecular weight excluding hydrogens is 372 g/mol. The highest BCUT2D eigenvalue weighted by molar-refractivity contribution is 5.74. The monoisotopic (exact) mass is 408 g/mol. The van der Waals surface area contributed by atoms with Crippen LogP contribution >= 0.6 is 0 Å². The zero-order chi connectivity index (χ0) is 21.1. The first-order chi connectivity index (χ1) is 14.4. The van der Waals surface area contributed by atoms with Gasteiger partial charge in [0.25, 0.3) is 0 Å². The van der Waals surface area contributed by atoms with Gasteiger partial charge >= 0.3 is 0 Å². The number of carbonyl (C=O) groups is 1. The van der Waals surface area contributed by atoms with E-state index in [0.717, 1.165) is 30.6 Å². The molecule has 0 spiro atoms. The molecule has 162 valence electrons. The summed E-state index contributed by atoms with van der Waals surface area (Å²) < 4.78 is 5.45. The maximum Gasteiger partial charge on any atom is 0.219 e. The van der Waals surface area contributed by atoms with Crippen molar-refractivity contribution in [3.8, 4) is 5.75 Å². The van der Waals surface area contributed by atoms with Crippen LogP contribution in [0, 0.1) is 28.6 Å². The Bertz CT molecular complexity index is 880. The lowest BCUT2D eigenvalue weighted by Crippen LogP contribution is -2.61. The number of nitrogens with zero attached hydrogens (tertiary/aromatic N) is 2. The quantitative estimate of drug-likeness (QED) is 0.664. The van der Waals surface area contributed by atoms with E-state index in [4.69, 9.17) is 4.74 Å². The molecule has 5 rings (SSSR count). The van der Waals surface area contributed by atoms with Gasteiger partial charge in [0.1, 0.15) is 5.75 Å². The number of likely N-dealkylation sites (tertiary alicyclic amines) is 1. The number of methoxy groups -OCH3 is 1. The maximum atomic E-state index is 12.3. The average molecular weight is 409 g/mol. The van der Waals surface area contributed by atoms with Crippen LogP contribution < -0.4 is 4.74 Å². The van der Waals surface area contributed by atoms with Crippen molar-refractivity contribution in [1.82, 2.24) is 9.88 Å². The third-order valence-electron chi connectivity index (χ3n) is 9.55. The number of rotatable bonds is 2. The van der Waals surface area contributed by atoms with Crippen LogP contribution in [0.25, 0.3) is 5.57 Å². The summed E-state index contributed by atoms with van der Waals surface area (Å²) in [5.41, 5.74) is 3.23. The minimum absolute atomic E-state index is 0.230. The van der Waals surface area contributed by atoms with Crippen LogP contribution in [0.15, 0.2) is 24.5 Å². The minimum atomic E-state index is 0.230. The highest BCUT2D eigenvalue weighted by atomic mass is 16.5. The van der Waals surface area contributed by atoms with E-state index in [1.165, 1.54) is 49.7 Å². The second-order valence-electron chi connectivity index (χ2n) is 10.7. The molecule has 4 aliphatic rings. The van der Waals surface area contributed by atoms with Gasteiger partial charge in [0.15, 0.2) is 0 Å². The predicted octanol–water partition coefficient (Wildman–Crippen LogP) is 5.34. The number of ether oxygens (including phenoxy) is 1. The molecule has 1 saturated heterocycles. The fourth-order valence-corrected chi connectivity index (χ4v) is 8.16. The fraction of sp³-hybridized carbons (Fsp3) is 0.692. The van der Waals surface area contributed by atoms with Crippen LogP contribution in [-0.2, 0) is 4.79 Å². The topological polar surface area (TPSA) is 42.4 Å². The Morgan fingerprint density at radius 2 is 2.00 bits per heavy atom. The average Bonchev–Trinajstić information content (AvgIpc) is 3.10. The van der Waals surface area contributed by atoms with Crippen LogP contribution in [0.5, 0.6) is 5.75 Å². The molecule has 0 aromatic carbocycles. The molecule has 3 aliphatic carbocycles. The van der Waals surface area contributed by atoms with Gasteiger partial charge in [-0.15, -0.1) is 0 Å². The summed E-state index contributed by atoms with van der Waals surface area (Å²) in [4.78, 5) is 19.0. The summed E-state index contributed by atoms with van der Waals surface area (Å²) in [6.45, 7) is 7.75. The molecule has 1 aliphatic heterocycles. The predicted molar refractivity (Wildman–Crippen MR) is 119 cm³/mol. The molecule has 6 atom stereocenters. The van der Waals surface area contributed by atoms with Crippen LogP contribution in [0.3, 0.4) is 0 Å². The summed E-state index contributed by atoms with van der Waals surface area (Å²) in [5.74, 6) is 3.34. The number of allylic oxidation sites excluding steroid dienone is 2. The van der Waals surface area contributed by atoms with Crippen molar-refractivity contribution in [2.45, 2.75) is 71.8 Å². The number of amides is 1. The third-order valence-corrected chi connectivity index (χ3v) is 9.55. The molecule has 3 fully saturated rings. The molecule has 2 heterocycles. The molecule has 4 nitrogen and oxygen atoms in total. The fourth-order valence-electron chi connectivity index (χ4n) is 8.16. The molecule has 30 heavy (non-hydrogen) atoms. The van der Waals surface area contributed by atoms with Crippen LogP contribution in [0.1, 0.15) is 71.3 Å². The molecule has 0 N–H and O–H groups in total. The molecule has 1 amide bonds. The van der Waals surface area contributed by atoms with E-state index in [-0.39, 0.29) is 16.7 Å². The number of hydrogen-bond acceptors (Lipinski definition) is 3. The van der Waals surface area contributed by atoms with Crippen molar-refractivity contribution in [1.29, 1.82) is 0 Å². The van der Waals surface area contributed by atoms with Crippen molar-refractivity contribution in [3.63, 3.8) is 0 Å². The van der Waals surface area contributed by atoms with E-state index in [1.807, 2.05) is 6.20 Å². The number of piperidine rings is 1. The Morgan fingerprint density at radius 3 is 2.77 bits per heavy atom. The van der Waals surface area contributed by atoms with E-state index in [2.05, 4.69) is 35.9 Å². The van der Waals surface area contributed by atoms with Crippen LogP contribution in [0.4, 0.5) is 0 Å². The molecular formula is C26H36N2O2. The maximum absolute atomic E-state index is 12.3. The molecule has 1 aromatic heterocycles. The highest BCUT2D eigenvalue weighted by Gasteiger charge is 2.59. The second-order valence-corrected chi connectivity index (χ2v) is 10.7. The van der Waals surface area contributed by atoms with Crippen LogP contribution in [0.2, 0.25) is 0 Å². The summed E-state index contributed by atoms with van der Waals surface area (Å²) in [7, 11) is 1.72. The van der Waals surface area contributed by atoms with E-state index in [1.54, 1.807) is 20.2 Å². The van der Waals surface area contributed by atoms with Crippen molar-refractivity contribution in [3.05, 3.63) is 30.1 Å². The minimum Gasteiger partial charge on any atom is -0.495 e. The Hall–Kier alpha value is -1.84. The Kier molecular flexibility index (Phi) is 4.75. The molecule has 1 aromatic rings. The SMILES string of the molecule is COc1cncc(C2=CC[C@H]3C4CCC5N(C(C)=O)CCC[C@]5(C)[C@H]4CC[C@]23C)c1. The van der Waals surface area contributed by atoms with Crippen molar-refractivity contribution in [2.75, 3.05) is 13.7 Å². The molecule has 0 bridgehead atoms. The molecule has 2 unspecified atom stereocenters. The normalized spacial score (nSPS) is 40.1. The smallest absolute Gasteiger partial charge is 0.219 e. The van der Waals surface area contributed by atoms with Crippen molar-refractivity contribution in [2.24, 2.45) is 28.6 Å². The van der Waals surface area contributed by atoms with Crippen LogP contribution in [-0.4, -0.2) is 35.5 Å². The van der Waals surface area contributed by atoms with Gasteiger partial charge in [-0.2, -0.15) is 0 Å². The number of aromatic nitrogens is 1. The van der Waals surface area contributed by atoms with Gasteiger partial charge < -0.3 is 9.64 Å². The van der Waals surface area contributed by atoms with Gasteiger partial charge in [-0.3, -0.25) is 9.78 Å². The van der Waals surface area contributed by atoms with E-state index < -0.39 is 0 Å². The van der Waals surface area contributed by atoms with Gasteiger partial charge in [0, 0.05) is 25.7 Å². The first kappa shape index (κ1) is 20.1. The highest BCUT2D eigenvalue weighted by Crippen LogP contribution is 2.66. The van der Waals surface area contributed by atoms with E-state index in [9.17, 15) is 4.79 Å². The number of fused-ring (bicyclic) bond motifs is 5. The van der Waals surface area contributed by atoms with Gasteiger partial charge in [0.2, 0.25) is 5.91 Å². The Morgan fingerprint density at radius 1 is 1.17 bits per heavy atom. The van der Waals surface area contributed by atoms with Crippen molar-refractivity contribution < 1.29 is 9.53 Å². The number of carbonyl (C=O) groups excluding carboxylic acids is 1. The lowest BCUT2D eigenvalue weighted by atomic mass is 9.46. The van der Waals surface area contributed by atoms with Gasteiger partial charge in [-0.1, -0.05) is 19.9 Å². The van der Waals surface area contributed by atoms with E-state index >= 15 is 0 Å². The second kappa shape index (κ2) is 7.10. The first-order valence-corrected chi connectivity index (χ1v) is 11.9. The summed E-state index contributed by atoms with van der Waals surface area (Å²) in [5, 5.41) is 0. The summed E-state index contributed by atoms with van der Waals surface area (Å²) in [6, 6.07) is 2.61. The number of pyridine rings is 1. The first-order valence-electron chi connectivity index (χ1n) is 11.9. The zero-order valence-electron chi connectivity index (χ0n) is 19.0. The molecule has 4 heteroatoms. The Balaban J connectivity index is 1.44. The van der Waals surface area contributed by atoms with Gasteiger partial charge in [-0.05, 0) is 90.7 Å². The lowest BCUT2D eigenvalue weighted by Gasteiger charge is -2.62. The number of hydrogen-bond donors (Lipinski definition) is 0. The summed E-state index contributed by atoms with van der Waals surface area (Å²) in [6.07, 6.45) is 14.9. The van der Waals surface area contributed by atoms with Crippen molar-refractivity contribution >= 4 is 11.5 Å². The van der Waals surface area contributed by atoms with Gasteiger partial charge in [0.05, 0.1) is 13.3 Å². The lowest BCUT2D eigenvalue weighted by molar-refractivity contribution is -0.151. The summed E-state index contributed by atoms with van der Waals surface area (Å²) >= 11 is 0. The standard InChI is InChI=1S/C26H36N2O2/c1-17(29)28-13-5-11-26(3)23-10-12-25(2)21(18-14-19(30-4)16-27-15-18)7-8-22(25)20(23)6-9-24(26)28/h7,14-16,20,22-24H,5-6,8-13H2,1-4H3/t20?,22-,23-,24?,25+,26+/m0/s1. The van der Waals surface area contributed by atoms with Gasteiger partial charge in [-0.25, -0.2) is 0 Å². The molecule has 0 radical (unpaired) electrons. The largest absolute Gasteiger partial charge is 0.495 e. The zero-order valence-corrected chi connectivity index (χ0v) is 19.0. The third kappa shape index (κ3) is 2.78. The molecule has 2 saturated carbocycles.